The van der Waals surface area contributed by atoms with Crippen molar-refractivity contribution in [3.63, 3.8) is 0 Å². The molecule has 88 valence electrons. The molecule has 3 N–H and O–H groups in total. The van der Waals surface area contributed by atoms with Crippen LogP contribution in [0.4, 0.5) is 0 Å². The van der Waals surface area contributed by atoms with Gasteiger partial charge in [-0.1, -0.05) is 18.2 Å². The molecule has 6 heteroatoms. The van der Waals surface area contributed by atoms with Crippen LogP contribution in [0.25, 0.3) is 10.8 Å². The van der Waals surface area contributed by atoms with Gasteiger partial charge in [0, 0.05) is 5.39 Å². The summed E-state index contributed by atoms with van der Waals surface area (Å²) in [6, 6.07) is 6.34. The summed E-state index contributed by atoms with van der Waals surface area (Å²) in [6.07, 6.45) is 1.55. The van der Waals surface area contributed by atoms with Crippen LogP contribution in [0.1, 0.15) is 13.0 Å². The van der Waals surface area contributed by atoms with Gasteiger partial charge in [-0.3, -0.25) is 15.0 Å². The Balaban J connectivity index is 2.61. The van der Waals surface area contributed by atoms with Gasteiger partial charge in [0.1, 0.15) is 6.04 Å². The molecule has 0 saturated heterocycles. The fourth-order valence-corrected chi connectivity index (χ4v) is 1.61. The van der Waals surface area contributed by atoms with Crippen molar-refractivity contribution < 1.29 is 4.79 Å². The van der Waals surface area contributed by atoms with E-state index < -0.39 is 11.9 Å². The highest BCUT2D eigenvalue weighted by Crippen LogP contribution is 2.08. The first-order valence-electron chi connectivity index (χ1n) is 5.12. The monoisotopic (exact) mass is 232 g/mol. The van der Waals surface area contributed by atoms with E-state index in [-0.39, 0.29) is 5.56 Å². The Morgan fingerprint density at radius 3 is 2.88 bits per heavy atom. The maximum absolute atomic E-state index is 12.1. The van der Waals surface area contributed by atoms with Crippen molar-refractivity contribution in [2.24, 2.45) is 5.84 Å². The minimum absolute atomic E-state index is 0.306. The number of nitrogens with zero attached hydrogens (tertiary/aromatic N) is 2. The molecule has 0 aliphatic carbocycles. The molecule has 1 heterocycles. The minimum Gasteiger partial charge on any atom is -0.292 e. The largest absolute Gasteiger partial charge is 0.292 e. The third-order valence-corrected chi connectivity index (χ3v) is 2.61. The van der Waals surface area contributed by atoms with Crippen molar-refractivity contribution in [1.82, 2.24) is 15.2 Å². The average molecular weight is 232 g/mol. The molecule has 0 fully saturated rings. The number of aromatic nitrogens is 2. The standard InChI is InChI=1S/C11H12N4O2/c1-7(10(16)14-12)15-11(17)9-5-3-2-4-8(9)6-13-15/h2-7H,12H2,1H3,(H,14,16)/t7-/m0/s1. The van der Waals surface area contributed by atoms with Gasteiger partial charge in [0.2, 0.25) is 0 Å². The average Bonchev–Trinajstić information content (AvgIpc) is 2.38. The second-order valence-corrected chi connectivity index (χ2v) is 3.67. The third-order valence-electron chi connectivity index (χ3n) is 2.61. The zero-order valence-corrected chi connectivity index (χ0v) is 9.25. The first-order chi connectivity index (χ1) is 8.15. The first kappa shape index (κ1) is 11.3. The van der Waals surface area contributed by atoms with E-state index in [1.54, 1.807) is 31.3 Å². The number of carbonyl (C=O) groups is 1. The fourth-order valence-electron chi connectivity index (χ4n) is 1.61. The summed E-state index contributed by atoms with van der Waals surface area (Å²) in [4.78, 5) is 23.4. The summed E-state index contributed by atoms with van der Waals surface area (Å²) in [6.45, 7) is 1.56. The Morgan fingerprint density at radius 2 is 2.18 bits per heavy atom. The Bertz CT molecular complexity index is 620. The predicted molar refractivity (Wildman–Crippen MR) is 63.0 cm³/mol. The maximum Gasteiger partial charge on any atom is 0.275 e. The van der Waals surface area contributed by atoms with Gasteiger partial charge in [-0.15, -0.1) is 0 Å². The SMILES string of the molecule is C[C@@H](C(=O)NN)n1ncc2ccccc2c1=O. The van der Waals surface area contributed by atoms with Crippen LogP contribution in [0, 0.1) is 0 Å². The van der Waals surface area contributed by atoms with Gasteiger partial charge in [-0.25, -0.2) is 10.5 Å². The van der Waals surface area contributed by atoms with Gasteiger partial charge in [-0.2, -0.15) is 5.10 Å². The molecule has 0 saturated carbocycles. The molecule has 0 spiro atoms. The number of benzene rings is 1. The van der Waals surface area contributed by atoms with Gasteiger partial charge < -0.3 is 0 Å². The minimum atomic E-state index is -0.739. The van der Waals surface area contributed by atoms with E-state index >= 15 is 0 Å². The number of fused-ring (bicyclic) bond motifs is 1. The molecule has 1 aromatic heterocycles. The van der Waals surface area contributed by atoms with Gasteiger partial charge in [-0.05, 0) is 13.0 Å². The lowest BCUT2D eigenvalue weighted by molar-refractivity contribution is -0.124. The Morgan fingerprint density at radius 1 is 1.47 bits per heavy atom. The molecule has 17 heavy (non-hydrogen) atoms. The molecular formula is C11H12N4O2. The summed E-state index contributed by atoms with van der Waals surface area (Å²) >= 11 is 0. The van der Waals surface area contributed by atoms with Crippen LogP contribution in [-0.2, 0) is 4.79 Å². The second-order valence-electron chi connectivity index (χ2n) is 3.67. The second kappa shape index (κ2) is 4.34. The highest BCUT2D eigenvalue weighted by molar-refractivity contribution is 5.82. The molecule has 6 nitrogen and oxygen atoms in total. The lowest BCUT2D eigenvalue weighted by Crippen LogP contribution is -2.40. The van der Waals surface area contributed by atoms with Crippen molar-refractivity contribution in [2.45, 2.75) is 13.0 Å². The van der Waals surface area contributed by atoms with E-state index in [4.69, 9.17) is 5.84 Å². The number of amides is 1. The Kier molecular flexibility index (Phi) is 2.88. The number of nitrogens with two attached hydrogens (primary N) is 1. The highest BCUT2D eigenvalue weighted by Gasteiger charge is 2.16. The van der Waals surface area contributed by atoms with Crippen LogP contribution < -0.4 is 16.8 Å². The lowest BCUT2D eigenvalue weighted by Gasteiger charge is -2.12. The summed E-state index contributed by atoms with van der Waals surface area (Å²) in [5.74, 6) is 4.57. The molecule has 2 aromatic rings. The van der Waals surface area contributed by atoms with Crippen molar-refractivity contribution in [1.29, 1.82) is 0 Å². The Hall–Kier alpha value is -2.21. The fraction of sp³-hybridized carbons (Fsp3) is 0.182. The smallest absolute Gasteiger partial charge is 0.275 e. The lowest BCUT2D eigenvalue weighted by atomic mass is 10.2. The highest BCUT2D eigenvalue weighted by atomic mass is 16.2. The normalized spacial score (nSPS) is 12.4. The number of nitrogens with one attached hydrogen (secondary N) is 1. The van der Waals surface area contributed by atoms with Crippen LogP contribution in [0.2, 0.25) is 0 Å². The van der Waals surface area contributed by atoms with E-state index in [9.17, 15) is 9.59 Å². The summed E-state index contributed by atoms with van der Waals surface area (Å²) in [5.41, 5.74) is 1.69. The van der Waals surface area contributed by atoms with Crippen LogP contribution in [0.15, 0.2) is 35.3 Å². The topological polar surface area (TPSA) is 90.0 Å². The number of hydrazine groups is 1. The number of carbonyl (C=O) groups excluding carboxylic acids is 1. The zero-order chi connectivity index (χ0) is 12.4. The van der Waals surface area contributed by atoms with Crippen molar-refractivity contribution >= 4 is 16.7 Å². The zero-order valence-electron chi connectivity index (χ0n) is 9.25. The molecular weight excluding hydrogens is 220 g/mol. The number of hydrogen-bond acceptors (Lipinski definition) is 4. The van der Waals surface area contributed by atoms with E-state index in [2.05, 4.69) is 5.10 Å². The number of rotatable bonds is 2. The predicted octanol–water partition coefficient (Wildman–Crippen LogP) is -0.0526. The quantitative estimate of drug-likeness (QED) is 0.431. The molecule has 0 aliphatic heterocycles. The molecule has 0 radical (unpaired) electrons. The van der Waals surface area contributed by atoms with E-state index in [0.29, 0.717) is 5.39 Å². The summed E-state index contributed by atoms with van der Waals surface area (Å²) < 4.78 is 1.12. The van der Waals surface area contributed by atoms with Gasteiger partial charge in [0.15, 0.2) is 0 Å². The Labute approximate surface area is 97.0 Å². The summed E-state index contributed by atoms with van der Waals surface area (Å²) in [5, 5.41) is 5.23. The van der Waals surface area contributed by atoms with Crippen LogP contribution in [-0.4, -0.2) is 15.7 Å². The van der Waals surface area contributed by atoms with E-state index in [1.807, 2.05) is 11.5 Å². The molecule has 0 unspecified atom stereocenters. The molecule has 0 bridgehead atoms. The van der Waals surface area contributed by atoms with Crippen LogP contribution in [0.5, 0.6) is 0 Å². The maximum atomic E-state index is 12.1. The van der Waals surface area contributed by atoms with Crippen molar-refractivity contribution in [3.05, 3.63) is 40.8 Å². The van der Waals surface area contributed by atoms with Crippen molar-refractivity contribution in [2.75, 3.05) is 0 Å². The molecule has 2 rings (SSSR count). The third kappa shape index (κ3) is 1.90. The van der Waals surface area contributed by atoms with Crippen LogP contribution >= 0.6 is 0 Å². The van der Waals surface area contributed by atoms with Crippen LogP contribution in [0.3, 0.4) is 0 Å². The van der Waals surface area contributed by atoms with Gasteiger partial charge >= 0.3 is 0 Å². The summed E-state index contributed by atoms with van der Waals surface area (Å²) in [7, 11) is 0. The van der Waals surface area contributed by atoms with Gasteiger partial charge in [0.05, 0.1) is 11.6 Å². The van der Waals surface area contributed by atoms with Gasteiger partial charge in [0.25, 0.3) is 11.5 Å². The van der Waals surface area contributed by atoms with Crippen molar-refractivity contribution in [3.8, 4) is 0 Å². The number of hydrogen-bond donors (Lipinski definition) is 2. The molecule has 1 amide bonds. The van der Waals surface area contributed by atoms with E-state index in [0.717, 1.165) is 10.1 Å². The molecule has 1 atom stereocenters. The molecule has 1 aromatic carbocycles. The first-order valence-corrected chi connectivity index (χ1v) is 5.12. The molecule has 0 aliphatic rings. The van der Waals surface area contributed by atoms with E-state index in [1.165, 1.54) is 0 Å².